The third-order valence-electron chi connectivity index (χ3n) is 6.46. The van der Waals surface area contributed by atoms with E-state index >= 15 is 0 Å². The zero-order valence-corrected chi connectivity index (χ0v) is 19.5. The molecule has 2 aliphatic heterocycles. The highest BCUT2D eigenvalue weighted by atomic mass is 32.9. The van der Waals surface area contributed by atoms with E-state index in [4.69, 9.17) is 26.0 Å². The molecule has 1 unspecified atom stereocenters. The molecule has 4 nitrogen and oxygen atoms in total. The van der Waals surface area contributed by atoms with Crippen LogP contribution in [-0.2, 0) is 30.8 Å². The average Bonchev–Trinajstić information content (AvgIpc) is 3.24. The summed E-state index contributed by atoms with van der Waals surface area (Å²) in [4.78, 5) is 14.1. The van der Waals surface area contributed by atoms with Crippen molar-refractivity contribution in [1.29, 1.82) is 0 Å². The lowest BCUT2D eigenvalue weighted by Gasteiger charge is -2.32. The van der Waals surface area contributed by atoms with Gasteiger partial charge in [0.2, 0.25) is 0 Å². The summed E-state index contributed by atoms with van der Waals surface area (Å²) in [5.41, 5.74) is 0.636. The van der Waals surface area contributed by atoms with Crippen molar-refractivity contribution in [2.75, 3.05) is 14.2 Å². The van der Waals surface area contributed by atoms with Gasteiger partial charge in [0.25, 0.3) is 5.95 Å². The SMILES string of the molecule is COC(=O)C1=C(C2(C)CCCC2)SP2(=S)C3=C(CCCCCC3)OC(OC)=C12. The Morgan fingerprint density at radius 3 is 2.43 bits per heavy atom. The summed E-state index contributed by atoms with van der Waals surface area (Å²) >= 11 is 8.24. The van der Waals surface area contributed by atoms with E-state index in [1.54, 1.807) is 18.5 Å². The van der Waals surface area contributed by atoms with Gasteiger partial charge in [-0.2, -0.15) is 0 Å². The second-order valence-electron chi connectivity index (χ2n) is 8.33. The van der Waals surface area contributed by atoms with E-state index < -0.39 is 5.24 Å². The van der Waals surface area contributed by atoms with Crippen LogP contribution in [-0.4, -0.2) is 20.2 Å². The van der Waals surface area contributed by atoms with Crippen molar-refractivity contribution in [2.24, 2.45) is 5.41 Å². The molecule has 4 aliphatic rings. The molecule has 28 heavy (non-hydrogen) atoms. The summed E-state index contributed by atoms with van der Waals surface area (Å²) in [6.45, 7) is 2.28. The molecular weight excluding hydrogens is 411 g/mol. The molecule has 1 atom stereocenters. The molecule has 0 spiro atoms. The van der Waals surface area contributed by atoms with E-state index in [1.807, 2.05) is 0 Å². The van der Waals surface area contributed by atoms with Crippen LogP contribution in [0, 0.1) is 5.41 Å². The van der Waals surface area contributed by atoms with Gasteiger partial charge < -0.3 is 14.2 Å². The summed E-state index contributed by atoms with van der Waals surface area (Å²) in [6, 6.07) is 0. The van der Waals surface area contributed by atoms with Crippen molar-refractivity contribution < 1.29 is 19.0 Å². The number of carbonyl (C=O) groups is 1. The van der Waals surface area contributed by atoms with Crippen LogP contribution in [0.25, 0.3) is 0 Å². The van der Waals surface area contributed by atoms with Gasteiger partial charge in [0.15, 0.2) is 0 Å². The van der Waals surface area contributed by atoms with Gasteiger partial charge in [0.05, 0.1) is 30.3 Å². The zero-order chi connectivity index (χ0) is 19.9. The Bertz CT molecular complexity index is 833. The third-order valence-corrected chi connectivity index (χ3v) is 14.2. The largest absolute Gasteiger partial charge is 0.468 e. The molecule has 2 heterocycles. The second-order valence-corrected chi connectivity index (χ2v) is 15.5. The molecule has 0 aromatic rings. The molecule has 0 N–H and O–H groups in total. The first-order chi connectivity index (χ1) is 13.4. The van der Waals surface area contributed by atoms with Crippen molar-refractivity contribution in [3.05, 3.63) is 32.8 Å². The molecule has 1 saturated carbocycles. The van der Waals surface area contributed by atoms with Gasteiger partial charge in [0, 0.05) is 16.6 Å². The van der Waals surface area contributed by atoms with E-state index in [0.717, 1.165) is 54.5 Å². The number of fused-ring (bicyclic) bond motifs is 2. The predicted molar refractivity (Wildman–Crippen MR) is 117 cm³/mol. The number of rotatable bonds is 3. The summed E-state index contributed by atoms with van der Waals surface area (Å²) in [5.74, 6) is 1.15. The Kier molecular flexibility index (Phi) is 5.76. The third kappa shape index (κ3) is 3.20. The average molecular weight is 441 g/mol. The molecule has 0 bridgehead atoms. The molecule has 7 heteroatoms. The van der Waals surface area contributed by atoms with E-state index in [-0.39, 0.29) is 11.4 Å². The fourth-order valence-corrected chi connectivity index (χ4v) is 13.4. The minimum atomic E-state index is -2.22. The van der Waals surface area contributed by atoms with Crippen molar-refractivity contribution in [2.45, 2.75) is 71.1 Å². The second kappa shape index (κ2) is 7.85. The summed E-state index contributed by atoms with van der Waals surface area (Å²) in [6.07, 6.45) is 11.2. The maximum Gasteiger partial charge on any atom is 0.339 e. The van der Waals surface area contributed by atoms with E-state index in [1.165, 1.54) is 38.1 Å². The first-order valence-electron chi connectivity index (χ1n) is 10.3. The fraction of sp³-hybridized carbons (Fsp3) is 0.667. The highest BCUT2D eigenvalue weighted by Crippen LogP contribution is 2.84. The standard InChI is InChI=1S/C21H29O4PS2/c1-21(12-8-9-13-21)18-16(19(22)23-2)17-20(24-3)25-14-10-6-4-5-7-11-15(14)26(17,27)28-18/h4-13H2,1-3H3. The minimum absolute atomic E-state index is 0.00840. The summed E-state index contributed by atoms with van der Waals surface area (Å²) in [7, 11) is 3.07. The van der Waals surface area contributed by atoms with Gasteiger partial charge in [-0.15, -0.1) is 0 Å². The van der Waals surface area contributed by atoms with Crippen LogP contribution in [0.15, 0.2) is 32.8 Å². The van der Waals surface area contributed by atoms with Crippen LogP contribution in [0.4, 0.5) is 0 Å². The Morgan fingerprint density at radius 1 is 1.11 bits per heavy atom. The number of methoxy groups -OCH3 is 2. The molecule has 0 aromatic heterocycles. The topological polar surface area (TPSA) is 44.8 Å². The number of allylic oxidation sites excluding steroid dienone is 3. The minimum Gasteiger partial charge on any atom is -0.468 e. The monoisotopic (exact) mass is 440 g/mol. The Balaban J connectivity index is 1.90. The first kappa shape index (κ1) is 20.6. The van der Waals surface area contributed by atoms with Crippen LogP contribution in [0.3, 0.4) is 0 Å². The van der Waals surface area contributed by atoms with Crippen LogP contribution in [0.1, 0.15) is 71.1 Å². The Labute approximate surface area is 176 Å². The molecule has 1 fully saturated rings. The highest BCUT2D eigenvalue weighted by molar-refractivity contribution is 8.75. The van der Waals surface area contributed by atoms with Gasteiger partial charge in [-0.25, -0.2) is 4.79 Å². The lowest BCUT2D eigenvalue weighted by atomic mass is 9.86. The molecule has 0 saturated heterocycles. The van der Waals surface area contributed by atoms with E-state index in [2.05, 4.69) is 6.92 Å². The van der Waals surface area contributed by atoms with Gasteiger partial charge in [-0.05, 0) is 37.5 Å². The molecule has 0 radical (unpaired) electrons. The predicted octanol–water partition coefficient (Wildman–Crippen LogP) is 6.55. The van der Waals surface area contributed by atoms with Crippen LogP contribution < -0.4 is 0 Å². The van der Waals surface area contributed by atoms with Gasteiger partial charge in [0.1, 0.15) is 5.76 Å². The van der Waals surface area contributed by atoms with E-state index in [0.29, 0.717) is 11.5 Å². The molecular formula is C21H29O4PS2. The Morgan fingerprint density at radius 2 is 1.79 bits per heavy atom. The lowest BCUT2D eigenvalue weighted by Crippen LogP contribution is -2.18. The Hall–Kier alpha value is -0.710. The van der Waals surface area contributed by atoms with Crippen LogP contribution in [0.2, 0.25) is 0 Å². The maximum absolute atomic E-state index is 13.0. The number of esters is 1. The zero-order valence-electron chi connectivity index (χ0n) is 17.0. The molecule has 154 valence electrons. The smallest absolute Gasteiger partial charge is 0.339 e. The normalized spacial score (nSPS) is 29.7. The van der Waals surface area contributed by atoms with Gasteiger partial charge in [-0.1, -0.05) is 55.8 Å². The molecule has 0 aromatic carbocycles. The van der Waals surface area contributed by atoms with Gasteiger partial charge >= 0.3 is 5.97 Å². The van der Waals surface area contributed by atoms with Crippen molar-refractivity contribution in [3.8, 4) is 0 Å². The highest BCUT2D eigenvalue weighted by Gasteiger charge is 2.53. The van der Waals surface area contributed by atoms with Crippen LogP contribution in [0.5, 0.6) is 0 Å². The van der Waals surface area contributed by atoms with Crippen molar-refractivity contribution in [1.82, 2.24) is 0 Å². The maximum atomic E-state index is 13.0. The van der Waals surface area contributed by atoms with Crippen molar-refractivity contribution in [3.63, 3.8) is 0 Å². The number of carbonyl (C=O) groups excluding carboxylic acids is 1. The quantitative estimate of drug-likeness (QED) is 0.366. The fourth-order valence-electron chi connectivity index (χ4n) is 4.91. The van der Waals surface area contributed by atoms with Gasteiger partial charge in [-0.3, -0.25) is 0 Å². The summed E-state index contributed by atoms with van der Waals surface area (Å²) < 4.78 is 17.2. The van der Waals surface area contributed by atoms with Crippen LogP contribution >= 0.6 is 16.6 Å². The number of hydrogen-bond acceptors (Lipinski definition) is 6. The molecule has 2 aliphatic carbocycles. The number of hydrogen-bond donors (Lipinski definition) is 0. The molecule has 4 rings (SSSR count). The summed E-state index contributed by atoms with van der Waals surface area (Å²) in [5, 5.41) is -0.113. The van der Waals surface area contributed by atoms with Crippen molar-refractivity contribution >= 4 is 34.4 Å². The molecule has 0 amide bonds. The number of ether oxygens (including phenoxy) is 3. The first-order valence-corrected chi connectivity index (χ1v) is 14.5. The lowest BCUT2D eigenvalue weighted by molar-refractivity contribution is -0.135. The van der Waals surface area contributed by atoms with E-state index in [9.17, 15) is 4.79 Å².